The fourth-order valence-electron chi connectivity index (χ4n) is 2.90. The van der Waals surface area contributed by atoms with Crippen molar-refractivity contribution in [2.24, 2.45) is 5.73 Å². The molecular formula is C18H26N2O3. The number of rotatable bonds is 3. The lowest BCUT2D eigenvalue weighted by Crippen LogP contribution is -2.46. The smallest absolute Gasteiger partial charge is 0.326 e. The van der Waals surface area contributed by atoms with Crippen LogP contribution in [-0.2, 0) is 14.3 Å². The SMILES string of the molecule is CC(C)(C)OC(=O)CN1C(=O)[C@@H](N)CCC[C@H]1c1ccccc1. The van der Waals surface area contributed by atoms with E-state index in [1.807, 2.05) is 51.1 Å². The highest BCUT2D eigenvalue weighted by Gasteiger charge is 2.34. The first-order chi connectivity index (χ1) is 10.8. The van der Waals surface area contributed by atoms with Gasteiger partial charge >= 0.3 is 5.97 Å². The predicted octanol–water partition coefficient (Wildman–Crippen LogP) is 2.41. The van der Waals surface area contributed by atoms with E-state index in [-0.39, 0.29) is 18.5 Å². The standard InChI is InChI=1S/C18H26N2O3/c1-18(2,3)23-16(21)12-20-15(13-8-5-4-6-9-13)11-7-10-14(19)17(20)22/h4-6,8-9,14-15H,7,10-12,19H2,1-3H3/t14-,15-/m0/s1. The van der Waals surface area contributed by atoms with Gasteiger partial charge in [0.05, 0.1) is 12.1 Å². The maximum absolute atomic E-state index is 12.6. The van der Waals surface area contributed by atoms with Gasteiger partial charge in [0, 0.05) is 0 Å². The van der Waals surface area contributed by atoms with Crippen LogP contribution in [0.25, 0.3) is 0 Å². The Morgan fingerprint density at radius 3 is 2.52 bits per heavy atom. The second-order valence-electron chi connectivity index (χ2n) is 7.02. The number of nitrogens with zero attached hydrogens (tertiary/aromatic N) is 1. The summed E-state index contributed by atoms with van der Waals surface area (Å²) >= 11 is 0. The van der Waals surface area contributed by atoms with Crippen LogP contribution in [0.4, 0.5) is 0 Å². The van der Waals surface area contributed by atoms with Crippen molar-refractivity contribution in [3.05, 3.63) is 35.9 Å². The Labute approximate surface area is 137 Å². The topological polar surface area (TPSA) is 72.6 Å². The van der Waals surface area contributed by atoms with E-state index in [0.717, 1.165) is 18.4 Å². The Hall–Kier alpha value is -1.88. The molecule has 1 amide bonds. The van der Waals surface area contributed by atoms with E-state index in [9.17, 15) is 9.59 Å². The number of hydrogen-bond acceptors (Lipinski definition) is 4. The molecule has 1 aliphatic rings. The molecule has 0 radical (unpaired) electrons. The van der Waals surface area contributed by atoms with Gasteiger partial charge in [0.25, 0.3) is 0 Å². The Kier molecular flexibility index (Phi) is 5.42. The monoisotopic (exact) mass is 318 g/mol. The maximum atomic E-state index is 12.6. The first-order valence-electron chi connectivity index (χ1n) is 8.11. The summed E-state index contributed by atoms with van der Waals surface area (Å²) in [5.41, 5.74) is 6.42. The van der Waals surface area contributed by atoms with Crippen molar-refractivity contribution in [2.75, 3.05) is 6.54 Å². The minimum Gasteiger partial charge on any atom is -0.459 e. The average Bonchev–Trinajstić information content (AvgIpc) is 2.60. The lowest BCUT2D eigenvalue weighted by Gasteiger charge is -2.32. The number of nitrogens with two attached hydrogens (primary N) is 1. The van der Waals surface area contributed by atoms with E-state index < -0.39 is 17.6 Å². The van der Waals surface area contributed by atoms with Crippen LogP contribution in [0.15, 0.2) is 30.3 Å². The molecule has 1 aliphatic heterocycles. The summed E-state index contributed by atoms with van der Waals surface area (Å²) in [5.74, 6) is -0.580. The quantitative estimate of drug-likeness (QED) is 0.869. The molecule has 1 aromatic carbocycles. The molecule has 0 aliphatic carbocycles. The Morgan fingerprint density at radius 1 is 1.26 bits per heavy atom. The first-order valence-corrected chi connectivity index (χ1v) is 8.11. The molecule has 0 aromatic heterocycles. The van der Waals surface area contributed by atoms with Gasteiger partial charge in [-0.05, 0) is 45.6 Å². The number of likely N-dealkylation sites (tertiary alicyclic amines) is 1. The van der Waals surface area contributed by atoms with Crippen molar-refractivity contribution in [2.45, 2.75) is 57.7 Å². The highest BCUT2D eigenvalue weighted by Crippen LogP contribution is 2.30. The van der Waals surface area contributed by atoms with E-state index in [4.69, 9.17) is 10.5 Å². The first kappa shape index (κ1) is 17.5. The number of carbonyl (C=O) groups is 2. The molecule has 2 rings (SSSR count). The molecule has 1 aromatic rings. The summed E-state index contributed by atoms with van der Waals surface area (Å²) in [6.07, 6.45) is 2.30. The summed E-state index contributed by atoms with van der Waals surface area (Å²) in [5, 5.41) is 0. The molecule has 2 N–H and O–H groups in total. The molecule has 0 unspecified atom stereocenters. The third-order valence-electron chi connectivity index (χ3n) is 3.87. The third-order valence-corrected chi connectivity index (χ3v) is 3.87. The summed E-state index contributed by atoms with van der Waals surface area (Å²) in [6, 6.07) is 9.10. The molecule has 0 spiro atoms. The van der Waals surface area contributed by atoms with E-state index in [1.54, 1.807) is 4.90 Å². The van der Waals surface area contributed by atoms with E-state index in [2.05, 4.69) is 0 Å². The summed E-state index contributed by atoms with van der Waals surface area (Å²) in [4.78, 5) is 26.4. The fraction of sp³-hybridized carbons (Fsp3) is 0.556. The van der Waals surface area contributed by atoms with Gasteiger partial charge in [-0.1, -0.05) is 30.3 Å². The minimum absolute atomic E-state index is 0.0661. The van der Waals surface area contributed by atoms with Crippen molar-refractivity contribution < 1.29 is 14.3 Å². The van der Waals surface area contributed by atoms with Gasteiger partial charge in [-0.2, -0.15) is 0 Å². The number of hydrogen-bond donors (Lipinski definition) is 1. The zero-order valence-corrected chi connectivity index (χ0v) is 14.1. The van der Waals surface area contributed by atoms with Crippen LogP contribution in [-0.4, -0.2) is 35.0 Å². The molecule has 2 atom stereocenters. The third kappa shape index (κ3) is 4.79. The lowest BCUT2D eigenvalue weighted by atomic mass is 10.0. The molecule has 23 heavy (non-hydrogen) atoms. The van der Waals surface area contributed by atoms with Crippen molar-refractivity contribution in [1.82, 2.24) is 4.90 Å². The van der Waals surface area contributed by atoms with Gasteiger partial charge in [0.1, 0.15) is 12.1 Å². The largest absolute Gasteiger partial charge is 0.459 e. The van der Waals surface area contributed by atoms with E-state index in [0.29, 0.717) is 6.42 Å². The molecule has 126 valence electrons. The number of benzene rings is 1. The number of esters is 1. The summed E-state index contributed by atoms with van der Waals surface area (Å²) < 4.78 is 5.38. The molecule has 1 heterocycles. The van der Waals surface area contributed by atoms with Gasteiger partial charge in [-0.15, -0.1) is 0 Å². The van der Waals surface area contributed by atoms with Crippen molar-refractivity contribution >= 4 is 11.9 Å². The van der Waals surface area contributed by atoms with Crippen LogP contribution >= 0.6 is 0 Å². The van der Waals surface area contributed by atoms with Crippen LogP contribution in [0, 0.1) is 0 Å². The van der Waals surface area contributed by atoms with Gasteiger partial charge < -0.3 is 15.4 Å². The molecule has 5 nitrogen and oxygen atoms in total. The molecule has 1 saturated heterocycles. The van der Waals surface area contributed by atoms with Crippen LogP contribution in [0.3, 0.4) is 0 Å². The average molecular weight is 318 g/mol. The van der Waals surface area contributed by atoms with Crippen molar-refractivity contribution in [3.63, 3.8) is 0 Å². The molecule has 1 fully saturated rings. The highest BCUT2D eigenvalue weighted by atomic mass is 16.6. The summed E-state index contributed by atoms with van der Waals surface area (Å²) in [6.45, 7) is 5.38. The second kappa shape index (κ2) is 7.13. The highest BCUT2D eigenvalue weighted by molar-refractivity contribution is 5.86. The van der Waals surface area contributed by atoms with Gasteiger partial charge in [-0.3, -0.25) is 9.59 Å². The van der Waals surface area contributed by atoms with Crippen LogP contribution in [0.1, 0.15) is 51.6 Å². The number of ether oxygens (including phenoxy) is 1. The Balaban J connectivity index is 2.24. The zero-order valence-electron chi connectivity index (χ0n) is 14.1. The zero-order chi connectivity index (χ0) is 17.0. The van der Waals surface area contributed by atoms with Crippen molar-refractivity contribution in [3.8, 4) is 0 Å². The van der Waals surface area contributed by atoms with E-state index >= 15 is 0 Å². The predicted molar refractivity (Wildman–Crippen MR) is 88.6 cm³/mol. The van der Waals surface area contributed by atoms with Crippen LogP contribution in [0.2, 0.25) is 0 Å². The van der Waals surface area contributed by atoms with E-state index in [1.165, 1.54) is 0 Å². The maximum Gasteiger partial charge on any atom is 0.326 e. The Bertz CT molecular complexity index is 551. The van der Waals surface area contributed by atoms with Gasteiger partial charge in [-0.25, -0.2) is 0 Å². The van der Waals surface area contributed by atoms with Gasteiger partial charge in [0.15, 0.2) is 0 Å². The van der Waals surface area contributed by atoms with Crippen molar-refractivity contribution in [1.29, 1.82) is 0 Å². The lowest BCUT2D eigenvalue weighted by molar-refractivity contribution is -0.160. The normalized spacial score (nSPS) is 22.6. The molecule has 0 bridgehead atoms. The molecular weight excluding hydrogens is 292 g/mol. The second-order valence-corrected chi connectivity index (χ2v) is 7.02. The van der Waals surface area contributed by atoms with Crippen LogP contribution < -0.4 is 5.73 Å². The summed E-state index contributed by atoms with van der Waals surface area (Å²) in [7, 11) is 0. The fourth-order valence-corrected chi connectivity index (χ4v) is 2.90. The van der Waals surface area contributed by atoms with Crippen LogP contribution in [0.5, 0.6) is 0 Å². The Morgan fingerprint density at radius 2 is 1.91 bits per heavy atom. The number of carbonyl (C=O) groups excluding carboxylic acids is 2. The minimum atomic E-state index is -0.573. The molecule has 0 saturated carbocycles. The number of amides is 1. The molecule has 5 heteroatoms. The van der Waals surface area contributed by atoms with Gasteiger partial charge in [0.2, 0.25) is 5.91 Å².